The molecule has 12 heteroatoms. The molecule has 0 aromatic heterocycles. The van der Waals surface area contributed by atoms with Crippen LogP contribution in [0.25, 0.3) is 0 Å². The number of hydrogen-bond donors (Lipinski definition) is 4. The molecule has 1 amide bonds. The first-order chi connectivity index (χ1) is 22.0. The smallest absolute Gasteiger partial charge is 0.410 e. The number of rotatable bonds is 10. The van der Waals surface area contributed by atoms with Gasteiger partial charge in [-0.15, -0.1) is 0 Å². The summed E-state index contributed by atoms with van der Waals surface area (Å²) < 4.78 is 23.3. The van der Waals surface area contributed by atoms with Crippen LogP contribution in [0.1, 0.15) is 80.6 Å². The second kappa shape index (κ2) is 17.1. The fourth-order valence-electron chi connectivity index (χ4n) is 6.26. The number of piperazine rings is 1. The molecule has 266 valence electrons. The van der Waals surface area contributed by atoms with Crippen LogP contribution in [0, 0.1) is 11.8 Å². The molecule has 3 aliphatic heterocycles. The predicted octanol–water partition coefficient (Wildman–Crippen LogP) is 3.19. The molecule has 0 aromatic carbocycles. The molecule has 3 rings (SSSR count). The Labute approximate surface area is 279 Å². The maximum Gasteiger partial charge on any atom is 0.410 e. The summed E-state index contributed by atoms with van der Waals surface area (Å²) in [6.07, 6.45) is 5.54. The van der Waals surface area contributed by atoms with Crippen molar-refractivity contribution in [2.75, 3.05) is 26.2 Å². The average molecular weight is 665 g/mol. The summed E-state index contributed by atoms with van der Waals surface area (Å²) in [6, 6.07) is 0. The van der Waals surface area contributed by atoms with Gasteiger partial charge in [0.25, 0.3) is 0 Å². The molecule has 0 bridgehead atoms. The Balaban J connectivity index is 1.82. The highest BCUT2D eigenvalue weighted by atomic mass is 16.6. The number of amides is 1. The van der Waals surface area contributed by atoms with Crippen molar-refractivity contribution < 1.29 is 48.7 Å². The van der Waals surface area contributed by atoms with Gasteiger partial charge < -0.3 is 44.5 Å². The lowest BCUT2D eigenvalue weighted by Gasteiger charge is -2.37. The Kier molecular flexibility index (Phi) is 14.0. The number of ether oxygens (including phenoxy) is 4. The third kappa shape index (κ3) is 11.7. The number of carbonyl (C=O) groups excluding carboxylic acids is 3. The summed E-state index contributed by atoms with van der Waals surface area (Å²) in [6.45, 7) is 14.4. The number of cyclic esters (lactones) is 1. The number of nitrogens with one attached hydrogen (secondary N) is 1. The zero-order chi connectivity index (χ0) is 34.9. The second-order valence-electron chi connectivity index (χ2n) is 13.8. The number of carbonyl (C=O) groups is 3. The number of nitrogens with zero attached hydrogens (tertiary/aromatic N) is 1. The molecule has 12 nitrogen and oxygen atoms in total. The average Bonchev–Trinajstić information content (AvgIpc) is 3.77. The van der Waals surface area contributed by atoms with Gasteiger partial charge >= 0.3 is 18.0 Å². The molecule has 3 aliphatic rings. The molecule has 2 saturated heterocycles. The van der Waals surface area contributed by atoms with Crippen LogP contribution in [0.2, 0.25) is 0 Å². The van der Waals surface area contributed by atoms with Gasteiger partial charge in [-0.1, -0.05) is 45.1 Å². The number of epoxide rings is 1. The van der Waals surface area contributed by atoms with Gasteiger partial charge in [-0.2, -0.15) is 0 Å². The van der Waals surface area contributed by atoms with E-state index in [-0.39, 0.29) is 37.4 Å². The number of esters is 2. The molecule has 0 radical (unpaired) electrons. The van der Waals surface area contributed by atoms with Gasteiger partial charge in [-0.3, -0.25) is 9.59 Å². The topological polar surface area (TPSA) is 167 Å². The van der Waals surface area contributed by atoms with Crippen molar-refractivity contribution >= 4 is 18.0 Å². The standard InChI is InChI=1S/C35H56N2O10/c1-8-27(40)24(4)32-28(44-32)21-34(6,43)14-9-10-22(2)31-23(3)11-12-29(45-33(42)37-18-16-36-17-19-37)35(7,47-25(5)38)15-13-26(39)20-30(41)46-31/h9-12,14,23-24,26-29,31-32,36,39-40,43H,8,13,15-21H2,1-7H3/b12-11+,14-9+,22-10+/t23-,24+,26-,27+,28+,29?,31+,32+,34+,35-/m0/s1. The van der Waals surface area contributed by atoms with E-state index in [2.05, 4.69) is 5.32 Å². The van der Waals surface area contributed by atoms with Crippen molar-refractivity contribution in [3.8, 4) is 0 Å². The van der Waals surface area contributed by atoms with E-state index in [0.717, 1.165) is 0 Å². The number of aliphatic hydroxyl groups excluding tert-OH is 2. The zero-order valence-electron chi connectivity index (χ0n) is 29.0. The molecule has 47 heavy (non-hydrogen) atoms. The van der Waals surface area contributed by atoms with E-state index in [1.165, 1.54) is 6.92 Å². The molecule has 0 aromatic rings. The van der Waals surface area contributed by atoms with E-state index in [1.54, 1.807) is 49.1 Å². The molecule has 4 N–H and O–H groups in total. The van der Waals surface area contributed by atoms with Crippen LogP contribution in [0.4, 0.5) is 4.79 Å². The third-order valence-electron chi connectivity index (χ3n) is 9.33. The molecule has 0 spiro atoms. The van der Waals surface area contributed by atoms with Crippen molar-refractivity contribution in [2.24, 2.45) is 11.8 Å². The van der Waals surface area contributed by atoms with E-state index >= 15 is 0 Å². The van der Waals surface area contributed by atoms with Gasteiger partial charge in [0, 0.05) is 51.4 Å². The summed E-state index contributed by atoms with van der Waals surface area (Å²) in [4.78, 5) is 39.9. The van der Waals surface area contributed by atoms with E-state index in [1.807, 2.05) is 27.7 Å². The second-order valence-corrected chi connectivity index (χ2v) is 13.8. The van der Waals surface area contributed by atoms with Crippen molar-refractivity contribution in [3.05, 3.63) is 36.0 Å². The fraction of sp³-hybridized carbons (Fsp3) is 0.743. The number of hydrogen-bond acceptors (Lipinski definition) is 11. The minimum absolute atomic E-state index is 0.0205. The highest BCUT2D eigenvalue weighted by Crippen LogP contribution is 2.37. The summed E-state index contributed by atoms with van der Waals surface area (Å²) >= 11 is 0. The predicted molar refractivity (Wildman–Crippen MR) is 175 cm³/mol. The maximum atomic E-state index is 13.2. The van der Waals surface area contributed by atoms with Crippen LogP contribution in [0.15, 0.2) is 36.0 Å². The quantitative estimate of drug-likeness (QED) is 0.0891. The van der Waals surface area contributed by atoms with Crippen LogP contribution in [-0.4, -0.2) is 112 Å². The molecule has 0 aliphatic carbocycles. The van der Waals surface area contributed by atoms with Crippen LogP contribution in [-0.2, 0) is 28.5 Å². The number of allylic oxidation sites excluding steroid dienone is 2. The first-order valence-corrected chi connectivity index (χ1v) is 16.9. The highest BCUT2D eigenvalue weighted by molar-refractivity contribution is 5.71. The lowest BCUT2D eigenvalue weighted by Crippen LogP contribution is -2.51. The van der Waals surface area contributed by atoms with Crippen molar-refractivity contribution in [2.45, 2.75) is 128 Å². The summed E-state index contributed by atoms with van der Waals surface area (Å²) in [5.74, 6) is -1.57. The van der Waals surface area contributed by atoms with Gasteiger partial charge in [0.2, 0.25) is 0 Å². The van der Waals surface area contributed by atoms with Crippen molar-refractivity contribution in [3.63, 3.8) is 0 Å². The third-order valence-corrected chi connectivity index (χ3v) is 9.33. The largest absolute Gasteiger partial charge is 0.457 e. The molecule has 10 atom stereocenters. The monoisotopic (exact) mass is 664 g/mol. The van der Waals surface area contributed by atoms with E-state index in [4.69, 9.17) is 18.9 Å². The Hall–Kier alpha value is -2.77. The SMILES string of the molecule is CC[C@@H](O)[C@@H](C)[C@H]1O[C@@H]1C[C@](C)(O)/C=C/C=C(\C)[C@H]1OC(=O)C[C@@H](O)CC[C@](C)(OC(C)=O)C(OC(=O)N2CCNCC2)/C=C/[C@@H]1C. The lowest BCUT2D eigenvalue weighted by atomic mass is 9.88. The maximum absolute atomic E-state index is 13.2. The van der Waals surface area contributed by atoms with Gasteiger partial charge in [0.05, 0.1) is 36.4 Å². The zero-order valence-corrected chi connectivity index (χ0v) is 29.0. The van der Waals surface area contributed by atoms with Crippen molar-refractivity contribution in [1.82, 2.24) is 10.2 Å². The molecular weight excluding hydrogens is 608 g/mol. The summed E-state index contributed by atoms with van der Waals surface area (Å²) in [5, 5.41) is 35.1. The van der Waals surface area contributed by atoms with Crippen LogP contribution >= 0.6 is 0 Å². The Morgan fingerprint density at radius 1 is 1.26 bits per heavy atom. The summed E-state index contributed by atoms with van der Waals surface area (Å²) in [5.41, 5.74) is -1.79. The van der Waals surface area contributed by atoms with E-state index in [0.29, 0.717) is 44.6 Å². The minimum atomic E-state index is -1.30. The molecular formula is C35H56N2O10. The van der Waals surface area contributed by atoms with Crippen LogP contribution in [0.5, 0.6) is 0 Å². The van der Waals surface area contributed by atoms with Crippen molar-refractivity contribution in [1.29, 1.82) is 0 Å². The lowest BCUT2D eigenvalue weighted by molar-refractivity contribution is -0.168. The van der Waals surface area contributed by atoms with Gasteiger partial charge in [0.15, 0.2) is 6.10 Å². The molecule has 1 unspecified atom stereocenters. The molecule has 3 heterocycles. The van der Waals surface area contributed by atoms with Gasteiger partial charge in [0.1, 0.15) is 11.7 Å². The van der Waals surface area contributed by atoms with Crippen LogP contribution < -0.4 is 5.32 Å². The highest BCUT2D eigenvalue weighted by Gasteiger charge is 2.47. The van der Waals surface area contributed by atoms with Gasteiger partial charge in [-0.25, -0.2) is 4.79 Å². The molecule has 2 fully saturated rings. The first kappa shape index (κ1) is 38.7. The first-order valence-electron chi connectivity index (χ1n) is 16.9. The van der Waals surface area contributed by atoms with Crippen LogP contribution in [0.3, 0.4) is 0 Å². The Morgan fingerprint density at radius 3 is 2.57 bits per heavy atom. The van der Waals surface area contributed by atoms with E-state index in [9.17, 15) is 29.7 Å². The Morgan fingerprint density at radius 2 is 1.94 bits per heavy atom. The normalized spacial score (nSPS) is 34.2. The number of aliphatic hydroxyl groups is 3. The minimum Gasteiger partial charge on any atom is -0.457 e. The Bertz CT molecular complexity index is 1160. The van der Waals surface area contributed by atoms with E-state index < -0.39 is 59.6 Å². The molecule has 0 saturated carbocycles. The van der Waals surface area contributed by atoms with Gasteiger partial charge in [-0.05, 0) is 51.7 Å². The fourth-order valence-corrected chi connectivity index (χ4v) is 6.26. The summed E-state index contributed by atoms with van der Waals surface area (Å²) in [7, 11) is 0.